The lowest BCUT2D eigenvalue weighted by atomic mass is 10.2. The minimum atomic E-state index is 0.549. The van der Waals surface area contributed by atoms with Gasteiger partial charge in [0.05, 0.1) is 6.20 Å². The molecule has 6 heteroatoms. The van der Waals surface area contributed by atoms with Crippen molar-refractivity contribution < 1.29 is 0 Å². The van der Waals surface area contributed by atoms with Crippen molar-refractivity contribution in [1.29, 1.82) is 0 Å². The second kappa shape index (κ2) is 5.58. The third-order valence-corrected chi connectivity index (χ3v) is 3.15. The highest BCUT2D eigenvalue weighted by Crippen LogP contribution is 2.29. The topological polar surface area (TPSA) is 77.6 Å². The van der Waals surface area contributed by atoms with Gasteiger partial charge >= 0.3 is 0 Å². The van der Waals surface area contributed by atoms with E-state index in [2.05, 4.69) is 26.9 Å². The van der Waals surface area contributed by atoms with Crippen molar-refractivity contribution in [2.45, 2.75) is 29.8 Å². The van der Waals surface area contributed by atoms with Gasteiger partial charge in [-0.2, -0.15) is 0 Å². The Kier molecular flexibility index (Phi) is 3.87. The quantitative estimate of drug-likeness (QED) is 0.832. The standard InChI is InChI=1S/C11H13N5S/c1-2-3-8-10(12)15-7-16-11(8)17-9-6-13-4-5-14-9/h4-7H,2-3H2,1H3,(H2,12,15,16). The number of nitrogen functional groups attached to an aromatic ring is 1. The monoisotopic (exact) mass is 247 g/mol. The van der Waals surface area contributed by atoms with E-state index in [1.807, 2.05) is 0 Å². The molecular weight excluding hydrogens is 234 g/mol. The van der Waals surface area contributed by atoms with Crippen LogP contribution in [0, 0.1) is 0 Å². The second-order valence-electron chi connectivity index (χ2n) is 3.44. The van der Waals surface area contributed by atoms with E-state index in [4.69, 9.17) is 5.73 Å². The molecule has 0 saturated heterocycles. The Hall–Kier alpha value is -1.69. The molecule has 0 amide bonds. The van der Waals surface area contributed by atoms with Crippen LogP contribution in [0.3, 0.4) is 0 Å². The average molecular weight is 247 g/mol. The lowest BCUT2D eigenvalue weighted by Crippen LogP contribution is -2.01. The molecule has 0 aliphatic heterocycles. The van der Waals surface area contributed by atoms with Gasteiger partial charge in [-0.05, 0) is 18.2 Å². The first-order valence-electron chi connectivity index (χ1n) is 5.34. The van der Waals surface area contributed by atoms with Crippen LogP contribution in [-0.2, 0) is 6.42 Å². The van der Waals surface area contributed by atoms with Crippen LogP contribution in [-0.4, -0.2) is 19.9 Å². The van der Waals surface area contributed by atoms with Gasteiger partial charge in [-0.15, -0.1) is 0 Å². The van der Waals surface area contributed by atoms with Gasteiger partial charge < -0.3 is 5.73 Å². The molecule has 0 aliphatic rings. The van der Waals surface area contributed by atoms with Crippen molar-refractivity contribution in [3.8, 4) is 0 Å². The van der Waals surface area contributed by atoms with Crippen LogP contribution in [0.25, 0.3) is 0 Å². The molecule has 0 radical (unpaired) electrons. The van der Waals surface area contributed by atoms with Crippen LogP contribution in [0.5, 0.6) is 0 Å². The minimum absolute atomic E-state index is 0.549. The van der Waals surface area contributed by atoms with Crippen molar-refractivity contribution in [2.24, 2.45) is 0 Å². The van der Waals surface area contributed by atoms with Gasteiger partial charge in [-0.3, -0.25) is 4.98 Å². The van der Waals surface area contributed by atoms with Gasteiger partial charge in [-0.1, -0.05) is 13.3 Å². The van der Waals surface area contributed by atoms with Gasteiger partial charge in [0, 0.05) is 18.0 Å². The lowest BCUT2D eigenvalue weighted by Gasteiger charge is -2.08. The van der Waals surface area contributed by atoms with E-state index in [0.717, 1.165) is 28.5 Å². The van der Waals surface area contributed by atoms with Gasteiger partial charge in [0.25, 0.3) is 0 Å². The zero-order chi connectivity index (χ0) is 12.1. The fourth-order valence-corrected chi connectivity index (χ4v) is 2.27. The zero-order valence-electron chi connectivity index (χ0n) is 9.50. The molecule has 5 nitrogen and oxygen atoms in total. The van der Waals surface area contributed by atoms with Gasteiger partial charge in [0.1, 0.15) is 22.2 Å². The van der Waals surface area contributed by atoms with E-state index in [1.165, 1.54) is 18.1 Å². The summed E-state index contributed by atoms with van der Waals surface area (Å²) in [5.41, 5.74) is 6.85. The maximum absolute atomic E-state index is 5.86. The van der Waals surface area contributed by atoms with E-state index in [1.54, 1.807) is 18.6 Å². The second-order valence-corrected chi connectivity index (χ2v) is 4.45. The van der Waals surface area contributed by atoms with Gasteiger partial charge in [0.15, 0.2) is 0 Å². The number of hydrogen-bond acceptors (Lipinski definition) is 6. The molecule has 0 atom stereocenters. The Morgan fingerprint density at radius 2 is 2.12 bits per heavy atom. The highest BCUT2D eigenvalue weighted by atomic mass is 32.2. The first-order chi connectivity index (χ1) is 8.31. The Labute approximate surface area is 104 Å². The van der Waals surface area contributed by atoms with Crippen LogP contribution in [0.1, 0.15) is 18.9 Å². The van der Waals surface area contributed by atoms with Crippen LogP contribution >= 0.6 is 11.8 Å². The predicted octanol–water partition coefficient (Wildman–Crippen LogP) is 1.95. The molecule has 17 heavy (non-hydrogen) atoms. The van der Waals surface area contributed by atoms with Crippen molar-refractivity contribution in [1.82, 2.24) is 19.9 Å². The van der Waals surface area contributed by atoms with Gasteiger partial charge in [-0.25, -0.2) is 15.0 Å². The molecule has 88 valence electrons. The number of aromatic nitrogens is 4. The largest absolute Gasteiger partial charge is 0.383 e. The summed E-state index contributed by atoms with van der Waals surface area (Å²) in [6, 6.07) is 0. The highest BCUT2D eigenvalue weighted by molar-refractivity contribution is 7.99. The van der Waals surface area contributed by atoms with Crippen molar-refractivity contribution in [2.75, 3.05) is 5.73 Å². The molecule has 0 bridgehead atoms. The molecular formula is C11H13N5S. The summed E-state index contributed by atoms with van der Waals surface area (Å²) in [5.74, 6) is 0.549. The third-order valence-electron chi connectivity index (χ3n) is 2.18. The molecule has 0 aromatic carbocycles. The SMILES string of the molecule is CCCc1c(N)ncnc1Sc1cnccn1. The van der Waals surface area contributed by atoms with Crippen molar-refractivity contribution in [3.05, 3.63) is 30.5 Å². The number of nitrogens with two attached hydrogens (primary N) is 1. The molecule has 2 aromatic heterocycles. The lowest BCUT2D eigenvalue weighted by molar-refractivity contribution is 0.860. The molecule has 0 spiro atoms. The summed E-state index contributed by atoms with van der Waals surface area (Å²) in [6.45, 7) is 2.10. The van der Waals surface area contributed by atoms with Crippen LogP contribution in [0.2, 0.25) is 0 Å². The molecule has 2 heterocycles. The molecule has 2 aromatic rings. The van der Waals surface area contributed by atoms with Crippen LogP contribution in [0.15, 0.2) is 35.0 Å². The molecule has 0 saturated carbocycles. The molecule has 2 N–H and O–H groups in total. The van der Waals surface area contributed by atoms with Crippen LogP contribution in [0.4, 0.5) is 5.82 Å². The maximum Gasteiger partial charge on any atom is 0.131 e. The van der Waals surface area contributed by atoms with E-state index in [9.17, 15) is 0 Å². The number of hydrogen-bond donors (Lipinski definition) is 1. The molecule has 0 unspecified atom stereocenters. The zero-order valence-corrected chi connectivity index (χ0v) is 10.3. The van der Waals surface area contributed by atoms with E-state index in [-0.39, 0.29) is 0 Å². The number of anilines is 1. The normalized spacial score (nSPS) is 10.4. The number of nitrogens with zero attached hydrogens (tertiary/aromatic N) is 4. The Morgan fingerprint density at radius 3 is 2.82 bits per heavy atom. The Balaban J connectivity index is 2.29. The average Bonchev–Trinajstić information content (AvgIpc) is 2.35. The summed E-state index contributed by atoms with van der Waals surface area (Å²) < 4.78 is 0. The van der Waals surface area contributed by atoms with Crippen molar-refractivity contribution >= 4 is 17.6 Å². The summed E-state index contributed by atoms with van der Waals surface area (Å²) in [7, 11) is 0. The summed E-state index contributed by atoms with van der Waals surface area (Å²) in [5, 5.41) is 1.67. The Bertz CT molecular complexity index is 488. The smallest absolute Gasteiger partial charge is 0.131 e. The Morgan fingerprint density at radius 1 is 1.24 bits per heavy atom. The minimum Gasteiger partial charge on any atom is -0.383 e. The first kappa shape index (κ1) is 11.8. The molecule has 0 fully saturated rings. The first-order valence-corrected chi connectivity index (χ1v) is 6.16. The van der Waals surface area contributed by atoms with E-state index < -0.39 is 0 Å². The maximum atomic E-state index is 5.86. The fraction of sp³-hybridized carbons (Fsp3) is 0.273. The van der Waals surface area contributed by atoms with E-state index in [0.29, 0.717) is 5.82 Å². The number of rotatable bonds is 4. The van der Waals surface area contributed by atoms with Crippen LogP contribution < -0.4 is 5.73 Å². The summed E-state index contributed by atoms with van der Waals surface area (Å²) >= 11 is 1.46. The molecule has 2 rings (SSSR count). The summed E-state index contributed by atoms with van der Waals surface area (Å²) in [6.07, 6.45) is 8.37. The highest BCUT2D eigenvalue weighted by Gasteiger charge is 2.10. The molecule has 0 aliphatic carbocycles. The summed E-state index contributed by atoms with van der Waals surface area (Å²) in [4.78, 5) is 16.5. The predicted molar refractivity (Wildman–Crippen MR) is 66.6 cm³/mol. The van der Waals surface area contributed by atoms with E-state index >= 15 is 0 Å². The fourth-order valence-electron chi connectivity index (χ4n) is 1.42. The van der Waals surface area contributed by atoms with Crippen molar-refractivity contribution in [3.63, 3.8) is 0 Å². The van der Waals surface area contributed by atoms with Gasteiger partial charge in [0.2, 0.25) is 0 Å². The third kappa shape index (κ3) is 2.91.